The minimum absolute atomic E-state index is 0.338. The molecule has 3 rings (SSSR count). The number of aryl methyl sites for hydroxylation is 1. The summed E-state index contributed by atoms with van der Waals surface area (Å²) < 4.78 is 13.7. The summed E-state index contributed by atoms with van der Waals surface area (Å²) in [6, 6.07) is 8.67. The van der Waals surface area contributed by atoms with E-state index in [0.717, 1.165) is 16.0 Å². The topological polar surface area (TPSA) is 32.9 Å². The van der Waals surface area contributed by atoms with Gasteiger partial charge in [-0.15, -0.1) is 11.3 Å². The molecule has 0 radical (unpaired) electrons. The Morgan fingerprint density at radius 1 is 1.28 bits per heavy atom. The molecular formula is C14H10FNOS. The highest BCUT2D eigenvalue weighted by Crippen LogP contribution is 2.34. The molecule has 0 fully saturated rings. The van der Waals surface area contributed by atoms with Crippen molar-refractivity contribution in [2.75, 3.05) is 0 Å². The molecule has 0 bridgehead atoms. The monoisotopic (exact) mass is 259 g/mol. The van der Waals surface area contributed by atoms with E-state index in [9.17, 15) is 9.18 Å². The quantitative estimate of drug-likeness (QED) is 0.689. The number of fused-ring (bicyclic) bond motifs is 1. The number of nitrogens with one attached hydrogen (secondary N) is 1. The van der Waals surface area contributed by atoms with Gasteiger partial charge in [0.25, 0.3) is 0 Å². The van der Waals surface area contributed by atoms with Crippen molar-refractivity contribution in [2.24, 2.45) is 0 Å². The van der Waals surface area contributed by atoms with Crippen LogP contribution in [-0.4, -0.2) is 11.3 Å². The second-order valence-corrected chi connectivity index (χ2v) is 5.39. The highest BCUT2D eigenvalue weighted by molar-refractivity contribution is 7.15. The minimum Gasteiger partial charge on any atom is -0.351 e. The molecule has 3 aromatic rings. The van der Waals surface area contributed by atoms with Crippen molar-refractivity contribution in [3.05, 3.63) is 46.6 Å². The zero-order chi connectivity index (χ0) is 12.7. The van der Waals surface area contributed by atoms with Crippen molar-refractivity contribution in [2.45, 2.75) is 6.92 Å². The maximum Gasteiger partial charge on any atom is 0.152 e. The van der Waals surface area contributed by atoms with E-state index in [2.05, 4.69) is 4.98 Å². The predicted molar refractivity (Wildman–Crippen MR) is 71.7 cm³/mol. The van der Waals surface area contributed by atoms with E-state index >= 15 is 0 Å². The van der Waals surface area contributed by atoms with Crippen molar-refractivity contribution < 1.29 is 9.18 Å². The molecule has 18 heavy (non-hydrogen) atoms. The van der Waals surface area contributed by atoms with Crippen molar-refractivity contribution >= 4 is 28.5 Å². The lowest BCUT2D eigenvalue weighted by molar-refractivity contribution is 0.112. The fraction of sp³-hybridized carbons (Fsp3) is 0.0714. The van der Waals surface area contributed by atoms with Crippen molar-refractivity contribution in [1.29, 1.82) is 0 Å². The van der Waals surface area contributed by atoms with E-state index in [1.807, 2.05) is 19.1 Å². The first-order valence-corrected chi connectivity index (χ1v) is 6.34. The third-order valence-corrected chi connectivity index (χ3v) is 3.95. The van der Waals surface area contributed by atoms with Crippen molar-refractivity contribution in [3.63, 3.8) is 0 Å². The first kappa shape index (κ1) is 11.2. The number of hydrogen-bond donors (Lipinski definition) is 1. The highest BCUT2D eigenvalue weighted by Gasteiger charge is 2.15. The van der Waals surface area contributed by atoms with Gasteiger partial charge in [0.1, 0.15) is 5.82 Å². The molecule has 90 valence electrons. The first-order chi connectivity index (χ1) is 8.70. The average Bonchev–Trinajstić information content (AvgIpc) is 2.93. The van der Waals surface area contributed by atoms with Crippen LogP contribution in [-0.2, 0) is 0 Å². The van der Waals surface area contributed by atoms with E-state index in [4.69, 9.17) is 0 Å². The van der Waals surface area contributed by atoms with Crippen LogP contribution in [0.1, 0.15) is 15.2 Å². The average molecular weight is 259 g/mol. The molecule has 2 nitrogen and oxygen atoms in total. The van der Waals surface area contributed by atoms with Crippen molar-refractivity contribution in [1.82, 2.24) is 4.98 Å². The molecule has 2 aromatic heterocycles. The molecule has 0 amide bonds. The number of carbonyl (C=O) groups excluding carboxylic acids is 1. The smallest absolute Gasteiger partial charge is 0.152 e. The van der Waals surface area contributed by atoms with E-state index in [-0.39, 0.29) is 5.82 Å². The molecule has 0 unspecified atom stereocenters. The van der Waals surface area contributed by atoms with Crippen LogP contribution in [0.3, 0.4) is 0 Å². The fourth-order valence-corrected chi connectivity index (χ4v) is 2.97. The standard InChI is InChI=1S/C14H10FNOS/c1-8-5-6-12(18-8)14-10(7-17)9-3-2-4-11(15)13(9)16-14/h2-7,16H,1H3. The second-order valence-electron chi connectivity index (χ2n) is 4.10. The van der Waals surface area contributed by atoms with Gasteiger partial charge in [-0.1, -0.05) is 12.1 Å². The summed E-state index contributed by atoms with van der Waals surface area (Å²) in [5.41, 5.74) is 1.61. The first-order valence-electron chi connectivity index (χ1n) is 5.53. The van der Waals surface area contributed by atoms with Crippen LogP contribution in [0.4, 0.5) is 4.39 Å². The summed E-state index contributed by atoms with van der Waals surface area (Å²) in [4.78, 5) is 16.4. The third-order valence-electron chi connectivity index (χ3n) is 2.93. The summed E-state index contributed by atoms with van der Waals surface area (Å²) in [7, 11) is 0. The van der Waals surface area contributed by atoms with Crippen LogP contribution in [0.15, 0.2) is 30.3 Å². The Morgan fingerprint density at radius 3 is 2.78 bits per heavy atom. The summed E-state index contributed by atoms with van der Waals surface area (Å²) in [6.45, 7) is 2.00. The normalized spacial score (nSPS) is 11.0. The Bertz CT molecular complexity index is 741. The summed E-state index contributed by atoms with van der Waals surface area (Å²) in [5, 5.41) is 0.631. The van der Waals surface area contributed by atoms with Crippen LogP contribution in [0.5, 0.6) is 0 Å². The van der Waals surface area contributed by atoms with Gasteiger partial charge in [-0.2, -0.15) is 0 Å². The van der Waals surface area contributed by atoms with Gasteiger partial charge < -0.3 is 4.98 Å². The van der Waals surface area contributed by atoms with Gasteiger partial charge in [0.15, 0.2) is 6.29 Å². The van der Waals surface area contributed by atoms with Gasteiger partial charge in [0.05, 0.1) is 16.1 Å². The molecule has 0 saturated heterocycles. The molecule has 0 aliphatic rings. The minimum atomic E-state index is -0.338. The Morgan fingerprint density at radius 2 is 2.11 bits per heavy atom. The molecule has 0 saturated carbocycles. The molecule has 0 spiro atoms. The number of aromatic nitrogens is 1. The van der Waals surface area contributed by atoms with E-state index < -0.39 is 0 Å². The summed E-state index contributed by atoms with van der Waals surface area (Å²) in [6.07, 6.45) is 0.780. The van der Waals surface area contributed by atoms with Crippen LogP contribution in [0.2, 0.25) is 0 Å². The van der Waals surface area contributed by atoms with E-state index in [0.29, 0.717) is 22.2 Å². The second kappa shape index (κ2) is 4.07. The van der Waals surface area contributed by atoms with Crippen LogP contribution >= 0.6 is 11.3 Å². The number of H-pyrrole nitrogens is 1. The van der Waals surface area contributed by atoms with Gasteiger partial charge >= 0.3 is 0 Å². The lowest BCUT2D eigenvalue weighted by Crippen LogP contribution is -1.80. The highest BCUT2D eigenvalue weighted by atomic mass is 32.1. The summed E-state index contributed by atoms with van der Waals surface area (Å²) in [5.74, 6) is -0.338. The maximum absolute atomic E-state index is 13.7. The van der Waals surface area contributed by atoms with E-state index in [1.54, 1.807) is 23.5 Å². The number of carbonyl (C=O) groups is 1. The van der Waals surface area contributed by atoms with Gasteiger partial charge in [-0.3, -0.25) is 4.79 Å². The molecule has 0 atom stereocenters. The molecular weight excluding hydrogens is 249 g/mol. The Kier molecular flexibility index (Phi) is 2.52. The largest absolute Gasteiger partial charge is 0.351 e. The van der Waals surface area contributed by atoms with Crippen molar-refractivity contribution in [3.8, 4) is 10.6 Å². The SMILES string of the molecule is Cc1ccc(-c2[nH]c3c(F)cccc3c2C=O)s1. The zero-order valence-corrected chi connectivity index (χ0v) is 10.5. The van der Waals surface area contributed by atoms with Crippen LogP contribution in [0, 0.1) is 12.7 Å². The number of benzene rings is 1. The van der Waals surface area contributed by atoms with E-state index in [1.165, 1.54) is 6.07 Å². The molecule has 0 aliphatic carbocycles. The molecule has 4 heteroatoms. The fourth-order valence-electron chi connectivity index (χ4n) is 2.09. The van der Waals surface area contributed by atoms with Crippen LogP contribution < -0.4 is 0 Å². The zero-order valence-electron chi connectivity index (χ0n) is 9.66. The van der Waals surface area contributed by atoms with Gasteiger partial charge in [-0.05, 0) is 25.1 Å². The Labute approximate surface area is 107 Å². The molecule has 1 N–H and O–H groups in total. The third kappa shape index (κ3) is 1.57. The number of aldehydes is 1. The predicted octanol–water partition coefficient (Wildman–Crippen LogP) is 4.16. The number of halogens is 1. The molecule has 0 aliphatic heterocycles. The van der Waals surface area contributed by atoms with Crippen LogP contribution in [0.25, 0.3) is 21.5 Å². The number of hydrogen-bond acceptors (Lipinski definition) is 2. The summed E-state index contributed by atoms with van der Waals surface area (Å²) >= 11 is 1.58. The Balaban J connectivity index is 2.36. The molecule has 2 heterocycles. The van der Waals surface area contributed by atoms with Gasteiger partial charge in [0.2, 0.25) is 0 Å². The molecule has 1 aromatic carbocycles. The maximum atomic E-state index is 13.7. The Hall–Kier alpha value is -1.94. The lowest BCUT2D eigenvalue weighted by Gasteiger charge is -1.93. The van der Waals surface area contributed by atoms with Gasteiger partial charge in [0, 0.05) is 15.8 Å². The number of para-hydroxylation sites is 1. The lowest BCUT2D eigenvalue weighted by atomic mass is 10.1. The number of rotatable bonds is 2. The van der Waals surface area contributed by atoms with Gasteiger partial charge in [-0.25, -0.2) is 4.39 Å². The number of thiophene rings is 1. The number of aromatic amines is 1.